The molecule has 2 aromatic carbocycles. The third kappa shape index (κ3) is 12.0. The summed E-state index contributed by atoms with van der Waals surface area (Å²) in [6.45, 7) is 18.7. The van der Waals surface area contributed by atoms with Gasteiger partial charge in [-0.25, -0.2) is 9.13 Å². The number of aromatic nitrogens is 2. The molecule has 4 aromatic rings. The Morgan fingerprint density at radius 1 is 0.481 bits per heavy atom. The van der Waals surface area contributed by atoms with E-state index in [1.807, 2.05) is 36.4 Å². The predicted molar refractivity (Wildman–Crippen MR) is 221 cm³/mol. The van der Waals surface area contributed by atoms with Crippen LogP contribution >= 0.6 is 0 Å². The Kier molecular flexibility index (Phi) is 16.3. The van der Waals surface area contributed by atoms with Crippen molar-refractivity contribution in [2.75, 3.05) is 36.0 Å². The van der Waals surface area contributed by atoms with Gasteiger partial charge in [-0.15, -0.1) is 0 Å². The third-order valence-electron chi connectivity index (χ3n) is 10.3. The summed E-state index contributed by atoms with van der Waals surface area (Å²) in [4.78, 5) is 4.47. The number of hydrogen-bond donors (Lipinski definition) is 2. The van der Waals surface area contributed by atoms with E-state index >= 15 is 0 Å². The number of phenols is 2. The molecule has 2 heterocycles. The molecule has 278 valence electrons. The van der Waals surface area contributed by atoms with Gasteiger partial charge in [0.1, 0.15) is 24.6 Å². The Labute approximate surface area is 314 Å². The Morgan fingerprint density at radius 3 is 1.15 bits per heavy atom. The molecule has 0 aliphatic heterocycles. The van der Waals surface area contributed by atoms with Crippen LogP contribution in [-0.2, 0) is 13.1 Å². The van der Waals surface area contributed by atoms with Crippen molar-refractivity contribution in [3.05, 3.63) is 107 Å². The Balaban J connectivity index is 1.09. The molecular formula is C46H64N4O2+2. The van der Waals surface area contributed by atoms with Gasteiger partial charge in [0.05, 0.1) is 0 Å². The highest BCUT2D eigenvalue weighted by molar-refractivity contribution is 5.75. The number of aromatic hydroxyl groups is 2. The lowest BCUT2D eigenvalue weighted by atomic mass is 10.1. The van der Waals surface area contributed by atoms with Crippen molar-refractivity contribution in [2.45, 2.75) is 106 Å². The zero-order valence-corrected chi connectivity index (χ0v) is 32.8. The molecule has 52 heavy (non-hydrogen) atoms. The molecule has 2 N–H and O–H groups in total. The fraction of sp³-hybridized carbons (Fsp3) is 0.435. The average molecular weight is 705 g/mol. The minimum atomic E-state index is 0.321. The van der Waals surface area contributed by atoms with Crippen molar-refractivity contribution in [2.24, 2.45) is 0 Å². The lowest BCUT2D eigenvalue weighted by molar-refractivity contribution is -0.697. The van der Waals surface area contributed by atoms with Gasteiger partial charge in [0.15, 0.2) is 24.8 Å². The van der Waals surface area contributed by atoms with Crippen LogP contribution in [0.4, 0.5) is 11.4 Å². The molecule has 0 bridgehead atoms. The van der Waals surface area contributed by atoms with Crippen molar-refractivity contribution in [1.29, 1.82) is 0 Å². The van der Waals surface area contributed by atoms with Crippen LogP contribution in [-0.4, -0.2) is 36.4 Å². The van der Waals surface area contributed by atoms with Crippen LogP contribution in [0.3, 0.4) is 0 Å². The summed E-state index contributed by atoms with van der Waals surface area (Å²) in [5.41, 5.74) is 8.64. The SMILES string of the molecule is CCN(CC)c1ccc(/C=C/c2cc[n+](CCCCCCCCCC[n+]3ccc(/C=C/c4ccc(N(CC)CC)cc4O)c(C)c3)cc2C)c(O)c1. The molecular weight excluding hydrogens is 641 g/mol. The lowest BCUT2D eigenvalue weighted by Crippen LogP contribution is -2.33. The molecule has 0 saturated carbocycles. The summed E-state index contributed by atoms with van der Waals surface area (Å²) >= 11 is 0. The predicted octanol–water partition coefficient (Wildman–Crippen LogP) is 10.1. The summed E-state index contributed by atoms with van der Waals surface area (Å²) in [7, 11) is 0. The fourth-order valence-electron chi connectivity index (χ4n) is 6.93. The first-order valence-corrected chi connectivity index (χ1v) is 19.8. The maximum atomic E-state index is 10.6. The zero-order chi connectivity index (χ0) is 37.3. The summed E-state index contributed by atoms with van der Waals surface area (Å²) in [5, 5.41) is 21.1. The first-order chi connectivity index (χ1) is 25.3. The summed E-state index contributed by atoms with van der Waals surface area (Å²) in [5.74, 6) is 0.641. The van der Waals surface area contributed by atoms with Crippen molar-refractivity contribution in [3.63, 3.8) is 0 Å². The number of rotatable bonds is 21. The second-order valence-electron chi connectivity index (χ2n) is 14.0. The number of hydrogen-bond acceptors (Lipinski definition) is 4. The fourth-order valence-corrected chi connectivity index (χ4v) is 6.93. The first kappa shape index (κ1) is 40.2. The van der Waals surface area contributed by atoms with E-state index in [-0.39, 0.29) is 0 Å². The van der Waals surface area contributed by atoms with E-state index in [0.29, 0.717) is 11.5 Å². The van der Waals surface area contributed by atoms with Gasteiger partial charge in [0.2, 0.25) is 0 Å². The van der Waals surface area contributed by atoms with Gasteiger partial charge in [-0.3, -0.25) is 0 Å². The van der Waals surface area contributed by atoms with Crippen LogP contribution in [0.2, 0.25) is 0 Å². The van der Waals surface area contributed by atoms with Gasteiger partial charge < -0.3 is 20.0 Å². The Morgan fingerprint density at radius 2 is 0.827 bits per heavy atom. The van der Waals surface area contributed by atoms with Crippen LogP contribution < -0.4 is 18.9 Å². The summed E-state index contributed by atoms with van der Waals surface area (Å²) in [6.07, 6.45) is 27.2. The van der Waals surface area contributed by atoms with Gasteiger partial charge in [0.25, 0.3) is 0 Å². The molecule has 0 spiro atoms. The first-order valence-electron chi connectivity index (χ1n) is 19.8. The van der Waals surface area contributed by atoms with Crippen molar-refractivity contribution >= 4 is 35.7 Å². The molecule has 0 atom stereocenters. The van der Waals surface area contributed by atoms with Gasteiger partial charge in [0, 0.05) is 96.9 Å². The van der Waals surface area contributed by atoms with Gasteiger partial charge >= 0.3 is 0 Å². The third-order valence-corrected chi connectivity index (χ3v) is 10.3. The molecule has 0 unspecified atom stereocenters. The van der Waals surface area contributed by atoms with E-state index in [1.54, 1.807) is 0 Å². The normalized spacial score (nSPS) is 11.6. The number of anilines is 2. The van der Waals surface area contributed by atoms with Crippen LogP contribution in [0.25, 0.3) is 24.3 Å². The highest BCUT2D eigenvalue weighted by Gasteiger charge is 2.09. The van der Waals surface area contributed by atoms with E-state index in [1.165, 1.54) is 73.6 Å². The largest absolute Gasteiger partial charge is 0.507 e. The molecule has 0 aliphatic rings. The van der Waals surface area contributed by atoms with E-state index in [4.69, 9.17) is 0 Å². The van der Waals surface area contributed by atoms with Crippen LogP contribution in [0.5, 0.6) is 11.5 Å². The van der Waals surface area contributed by atoms with E-state index in [0.717, 1.165) is 61.8 Å². The van der Waals surface area contributed by atoms with E-state index in [2.05, 4.69) is 122 Å². The topological polar surface area (TPSA) is 54.7 Å². The molecule has 0 radical (unpaired) electrons. The standard InChI is InChI=1S/C46H62N4O2/c1-7-49(8-2)43-25-23-41(45(51)33-43)21-19-39-27-31-47(35-37(39)5)29-17-15-13-11-12-14-16-18-30-48-32-28-40(38(6)36-48)20-22-42-24-26-44(34-46(42)52)50(9-3)10-4/h19-28,31-36H,7-18,29-30H2,1-6H3/p+2. The second-order valence-corrected chi connectivity index (χ2v) is 14.0. The van der Waals surface area contributed by atoms with Crippen LogP contribution in [0.1, 0.15) is 112 Å². The number of aryl methyl sites for hydroxylation is 4. The number of unbranched alkanes of at least 4 members (excludes halogenated alkanes) is 7. The van der Waals surface area contributed by atoms with Gasteiger partial charge in [-0.1, -0.05) is 50.0 Å². The minimum Gasteiger partial charge on any atom is -0.507 e. The van der Waals surface area contributed by atoms with E-state index < -0.39 is 0 Å². The number of nitrogens with zero attached hydrogens (tertiary/aromatic N) is 4. The molecule has 6 heteroatoms. The van der Waals surface area contributed by atoms with Crippen molar-refractivity contribution in [1.82, 2.24) is 0 Å². The molecule has 0 aliphatic carbocycles. The zero-order valence-electron chi connectivity index (χ0n) is 32.8. The smallest absolute Gasteiger partial charge is 0.172 e. The minimum absolute atomic E-state index is 0.321. The van der Waals surface area contributed by atoms with E-state index in [9.17, 15) is 10.2 Å². The molecule has 4 rings (SSSR count). The molecule has 0 fully saturated rings. The highest BCUT2D eigenvalue weighted by Crippen LogP contribution is 2.28. The lowest BCUT2D eigenvalue weighted by Gasteiger charge is -2.21. The van der Waals surface area contributed by atoms with Gasteiger partial charge in [-0.2, -0.15) is 0 Å². The quantitative estimate of drug-likeness (QED) is 0.0670. The Bertz CT molecular complexity index is 1620. The van der Waals surface area contributed by atoms with Crippen LogP contribution in [0, 0.1) is 13.8 Å². The Hall–Kier alpha value is -4.58. The van der Waals surface area contributed by atoms with Crippen LogP contribution in [0.15, 0.2) is 73.3 Å². The van der Waals surface area contributed by atoms with Crippen molar-refractivity contribution < 1.29 is 19.3 Å². The second kappa shape index (κ2) is 21.1. The number of phenolic OH excluding ortho intramolecular Hbond substituents is 2. The molecule has 0 amide bonds. The number of benzene rings is 2. The molecule has 2 aromatic heterocycles. The summed E-state index contributed by atoms with van der Waals surface area (Å²) < 4.78 is 4.62. The highest BCUT2D eigenvalue weighted by atomic mass is 16.3. The molecule has 0 saturated heterocycles. The number of pyridine rings is 2. The van der Waals surface area contributed by atoms with Crippen molar-refractivity contribution in [3.8, 4) is 11.5 Å². The maximum absolute atomic E-state index is 10.6. The summed E-state index contributed by atoms with van der Waals surface area (Å²) in [6, 6.07) is 16.3. The monoisotopic (exact) mass is 705 g/mol. The average Bonchev–Trinajstić information content (AvgIpc) is 3.14. The van der Waals surface area contributed by atoms with Gasteiger partial charge in [-0.05, 0) is 89.8 Å². The maximum Gasteiger partial charge on any atom is 0.172 e. The molecule has 6 nitrogen and oxygen atoms in total.